The van der Waals surface area contributed by atoms with Crippen molar-refractivity contribution in [3.05, 3.63) is 0 Å². The molecule has 114 valence electrons. The molecule has 0 aliphatic rings. The number of nitrogens with one attached hydrogen (secondary N) is 1. The van der Waals surface area contributed by atoms with Gasteiger partial charge < -0.3 is 15.0 Å². The minimum Gasteiger partial charge on any atom is -0.344 e. The molecule has 1 atom stereocenters. The average Bonchev–Trinajstić information content (AvgIpc) is 2.36. The van der Waals surface area contributed by atoms with Gasteiger partial charge in [0.25, 0.3) is 0 Å². The molecule has 0 aromatic heterocycles. The Bertz CT molecular complexity index is 247. The molecular formula is C15H32N2O2. The molecule has 0 fully saturated rings. The molecule has 1 N–H and O–H groups in total. The summed E-state index contributed by atoms with van der Waals surface area (Å²) in [4.78, 5) is 23.7. The molecule has 1 amide bonds. The van der Waals surface area contributed by atoms with Crippen molar-refractivity contribution in [1.82, 2.24) is 10.2 Å². The van der Waals surface area contributed by atoms with E-state index in [1.54, 1.807) is 4.90 Å². The molecule has 4 heteroatoms. The van der Waals surface area contributed by atoms with Gasteiger partial charge >= 0.3 is 0 Å². The molecule has 0 rings (SSSR count). The van der Waals surface area contributed by atoms with Crippen molar-refractivity contribution in [1.29, 1.82) is 0 Å². The van der Waals surface area contributed by atoms with Crippen molar-refractivity contribution >= 4 is 12.2 Å². The van der Waals surface area contributed by atoms with E-state index in [1.165, 1.54) is 0 Å². The zero-order chi connectivity index (χ0) is 15.5. The molecule has 0 saturated heterocycles. The van der Waals surface area contributed by atoms with Gasteiger partial charge in [0.1, 0.15) is 6.29 Å². The highest BCUT2D eigenvalue weighted by Crippen LogP contribution is 2.19. The fourth-order valence-corrected chi connectivity index (χ4v) is 1.70. The second-order valence-electron chi connectivity index (χ2n) is 5.54. The van der Waals surface area contributed by atoms with Gasteiger partial charge in [-0.15, -0.1) is 0 Å². The van der Waals surface area contributed by atoms with Crippen molar-refractivity contribution in [3.8, 4) is 0 Å². The van der Waals surface area contributed by atoms with Crippen LogP contribution in [-0.2, 0) is 9.59 Å². The number of carbonyl (C=O) groups excluding carboxylic acids is 2. The van der Waals surface area contributed by atoms with Crippen LogP contribution >= 0.6 is 0 Å². The van der Waals surface area contributed by atoms with E-state index < -0.39 is 0 Å². The lowest BCUT2D eigenvalue weighted by molar-refractivity contribution is -0.130. The maximum Gasteiger partial charge on any atom is 0.222 e. The molecular weight excluding hydrogens is 240 g/mol. The van der Waals surface area contributed by atoms with Gasteiger partial charge in [-0.3, -0.25) is 4.79 Å². The molecule has 0 heterocycles. The quantitative estimate of drug-likeness (QED) is 0.572. The molecule has 1 unspecified atom stereocenters. The zero-order valence-corrected chi connectivity index (χ0v) is 13.7. The number of amides is 1. The van der Waals surface area contributed by atoms with E-state index in [1.807, 2.05) is 27.9 Å². The van der Waals surface area contributed by atoms with E-state index in [0.29, 0.717) is 25.8 Å². The number of hydrogen-bond donors (Lipinski definition) is 1. The molecule has 0 radical (unpaired) electrons. The second-order valence-corrected chi connectivity index (χ2v) is 5.54. The van der Waals surface area contributed by atoms with E-state index in [0.717, 1.165) is 6.29 Å². The van der Waals surface area contributed by atoms with Gasteiger partial charge in [-0.05, 0) is 18.9 Å². The molecule has 0 aliphatic heterocycles. The first kappa shape index (κ1) is 20.4. The molecule has 19 heavy (non-hydrogen) atoms. The first-order chi connectivity index (χ1) is 8.82. The van der Waals surface area contributed by atoms with Gasteiger partial charge in [0, 0.05) is 32.5 Å². The average molecular weight is 272 g/mol. The van der Waals surface area contributed by atoms with Crippen molar-refractivity contribution < 1.29 is 9.59 Å². The van der Waals surface area contributed by atoms with Gasteiger partial charge in [-0.25, -0.2) is 0 Å². The van der Waals surface area contributed by atoms with Crippen LogP contribution in [0.2, 0.25) is 0 Å². The zero-order valence-electron chi connectivity index (χ0n) is 13.7. The Morgan fingerprint density at radius 2 is 1.84 bits per heavy atom. The van der Waals surface area contributed by atoms with Crippen molar-refractivity contribution in [3.63, 3.8) is 0 Å². The lowest BCUT2D eigenvalue weighted by Gasteiger charge is -2.33. The summed E-state index contributed by atoms with van der Waals surface area (Å²) in [5, 5.41) is 3.24. The fraction of sp³-hybridized carbons (Fsp3) is 0.867. The third kappa shape index (κ3) is 9.65. The molecule has 0 bridgehead atoms. The van der Waals surface area contributed by atoms with Crippen molar-refractivity contribution in [2.24, 2.45) is 5.41 Å². The first-order valence-electron chi connectivity index (χ1n) is 7.17. The Balaban J connectivity index is 0. The van der Waals surface area contributed by atoms with Crippen LogP contribution in [-0.4, -0.2) is 43.8 Å². The number of hydrogen-bond acceptors (Lipinski definition) is 3. The van der Waals surface area contributed by atoms with E-state index in [4.69, 9.17) is 0 Å². The van der Waals surface area contributed by atoms with E-state index in [2.05, 4.69) is 26.1 Å². The fourth-order valence-electron chi connectivity index (χ4n) is 1.70. The Morgan fingerprint density at radius 3 is 2.21 bits per heavy atom. The third-order valence-corrected chi connectivity index (χ3v) is 2.99. The topological polar surface area (TPSA) is 49.4 Å². The van der Waals surface area contributed by atoms with Crippen LogP contribution in [0.1, 0.15) is 53.9 Å². The molecule has 4 nitrogen and oxygen atoms in total. The molecule has 0 spiro atoms. The van der Waals surface area contributed by atoms with Gasteiger partial charge in [-0.1, -0.05) is 34.6 Å². The largest absolute Gasteiger partial charge is 0.344 e. The van der Waals surface area contributed by atoms with Crippen LogP contribution in [0.3, 0.4) is 0 Å². The van der Waals surface area contributed by atoms with Crippen LogP contribution in [0.15, 0.2) is 0 Å². The summed E-state index contributed by atoms with van der Waals surface area (Å²) in [5.41, 5.74) is 0.117. The molecule has 0 saturated carbocycles. The number of likely N-dealkylation sites (N-methyl/N-ethyl adjacent to an activating group) is 2. The summed E-state index contributed by atoms with van der Waals surface area (Å²) in [6.07, 6.45) is 2.43. The van der Waals surface area contributed by atoms with E-state index in [9.17, 15) is 9.59 Å². The summed E-state index contributed by atoms with van der Waals surface area (Å²) < 4.78 is 0. The smallest absolute Gasteiger partial charge is 0.222 e. The van der Waals surface area contributed by atoms with Gasteiger partial charge in [0.15, 0.2) is 0 Å². The van der Waals surface area contributed by atoms with Crippen LogP contribution in [0.4, 0.5) is 0 Å². The number of carbonyl (C=O) groups is 2. The highest BCUT2D eigenvalue weighted by atomic mass is 16.2. The van der Waals surface area contributed by atoms with Crippen molar-refractivity contribution in [2.45, 2.75) is 59.9 Å². The maximum absolute atomic E-state index is 11.8. The summed E-state index contributed by atoms with van der Waals surface area (Å²) >= 11 is 0. The number of aldehydes is 1. The lowest BCUT2D eigenvalue weighted by Crippen LogP contribution is -2.47. The molecule has 0 aromatic carbocycles. The predicted octanol–water partition coefficient (Wildman–Crippen LogP) is 2.47. The van der Waals surface area contributed by atoms with E-state index >= 15 is 0 Å². The molecule has 0 aliphatic carbocycles. The predicted molar refractivity (Wildman–Crippen MR) is 81.2 cm³/mol. The first-order valence-corrected chi connectivity index (χ1v) is 7.17. The number of unbranched alkanes of at least 4 members (excludes halogenated alkanes) is 1. The monoisotopic (exact) mass is 272 g/mol. The Kier molecular flexibility index (Phi) is 11.8. The van der Waals surface area contributed by atoms with Crippen LogP contribution in [0, 0.1) is 5.41 Å². The Hall–Kier alpha value is -0.900. The second kappa shape index (κ2) is 11.0. The minimum absolute atomic E-state index is 0.108. The summed E-state index contributed by atoms with van der Waals surface area (Å²) in [6.45, 7) is 11.1. The standard InChI is InChI=1S/C13H26N2O2.C2H6/c1-13(2,3)11(14-4)10-15(5)12(17)8-6-7-9-16;1-2/h9,11,14H,6-8,10H2,1-5H3;1-2H3. The maximum atomic E-state index is 11.8. The van der Waals surface area contributed by atoms with Crippen LogP contribution in [0.25, 0.3) is 0 Å². The SMILES string of the molecule is CC.CNC(CN(C)C(=O)CCCC=O)C(C)(C)C. The van der Waals surface area contributed by atoms with Gasteiger partial charge in [0.2, 0.25) is 5.91 Å². The number of nitrogens with zero attached hydrogens (tertiary/aromatic N) is 1. The highest BCUT2D eigenvalue weighted by Gasteiger charge is 2.25. The van der Waals surface area contributed by atoms with Gasteiger partial charge in [0.05, 0.1) is 0 Å². The third-order valence-electron chi connectivity index (χ3n) is 2.99. The van der Waals surface area contributed by atoms with Crippen LogP contribution in [0.5, 0.6) is 0 Å². The number of rotatable bonds is 7. The normalized spacial score (nSPS) is 12.2. The van der Waals surface area contributed by atoms with Crippen LogP contribution < -0.4 is 5.32 Å². The Labute approximate surface area is 118 Å². The summed E-state index contributed by atoms with van der Waals surface area (Å²) in [7, 11) is 3.74. The van der Waals surface area contributed by atoms with Gasteiger partial charge in [-0.2, -0.15) is 0 Å². The molecule has 0 aromatic rings. The minimum atomic E-state index is 0.108. The summed E-state index contributed by atoms with van der Waals surface area (Å²) in [5.74, 6) is 0.108. The lowest BCUT2D eigenvalue weighted by atomic mass is 9.86. The van der Waals surface area contributed by atoms with Crippen molar-refractivity contribution in [2.75, 3.05) is 20.6 Å². The van der Waals surface area contributed by atoms with E-state index in [-0.39, 0.29) is 17.4 Å². The Morgan fingerprint density at radius 1 is 1.32 bits per heavy atom. The highest BCUT2D eigenvalue weighted by molar-refractivity contribution is 5.76. The summed E-state index contributed by atoms with van der Waals surface area (Å²) in [6, 6.07) is 0.266.